The van der Waals surface area contributed by atoms with Gasteiger partial charge in [0.25, 0.3) is 0 Å². The number of aliphatic hydroxyl groups excluding tert-OH is 1. The van der Waals surface area contributed by atoms with E-state index in [4.69, 9.17) is 5.73 Å². The normalized spacial score (nSPS) is 14.4. The van der Waals surface area contributed by atoms with Crippen LogP contribution in [-0.4, -0.2) is 41.8 Å². The lowest BCUT2D eigenvalue weighted by atomic mass is 10.0. The Morgan fingerprint density at radius 3 is 2.59 bits per heavy atom. The van der Waals surface area contributed by atoms with Crippen LogP contribution < -0.4 is 10.5 Å². The molecule has 0 aliphatic heterocycles. The molecule has 0 aliphatic rings. The molecule has 8 heteroatoms. The molecule has 0 unspecified atom stereocenters. The topological polar surface area (TPSA) is 110 Å². The number of rotatable bonds is 9. The maximum absolute atomic E-state index is 12.5. The molecule has 0 saturated carbocycles. The molecule has 0 fully saturated rings. The lowest BCUT2D eigenvalue weighted by molar-refractivity contribution is 0.126. The summed E-state index contributed by atoms with van der Waals surface area (Å²) in [6.45, 7) is 4.49. The van der Waals surface area contributed by atoms with Gasteiger partial charge in [-0.2, -0.15) is 0 Å². The van der Waals surface area contributed by atoms with E-state index >= 15 is 0 Å². The average molecular weight is 417 g/mol. The van der Waals surface area contributed by atoms with Gasteiger partial charge in [0.1, 0.15) is 0 Å². The summed E-state index contributed by atoms with van der Waals surface area (Å²) in [7, 11) is -3.61. The van der Waals surface area contributed by atoms with Crippen molar-refractivity contribution < 1.29 is 13.5 Å². The molecule has 0 bridgehead atoms. The molecule has 2 aromatic carbocycles. The zero-order valence-electron chi connectivity index (χ0n) is 16.7. The number of nitrogens with zero attached hydrogens (tertiary/aromatic N) is 2. The van der Waals surface area contributed by atoms with Gasteiger partial charge in [-0.1, -0.05) is 44.2 Å². The second-order valence-corrected chi connectivity index (χ2v) is 9.48. The van der Waals surface area contributed by atoms with Gasteiger partial charge in [0.15, 0.2) is 0 Å². The molecule has 7 nitrogen and oxygen atoms in total. The van der Waals surface area contributed by atoms with E-state index in [1.54, 1.807) is 29.1 Å². The minimum absolute atomic E-state index is 0.176. The first-order valence-electron chi connectivity index (χ1n) is 9.68. The van der Waals surface area contributed by atoms with Crippen LogP contribution in [-0.2, 0) is 23.0 Å². The molecular weight excluding hydrogens is 388 g/mol. The molecule has 0 aliphatic carbocycles. The summed E-state index contributed by atoms with van der Waals surface area (Å²) in [6.07, 6.45) is 1.35. The molecule has 4 N–H and O–H groups in total. The maximum atomic E-state index is 12.5. The van der Waals surface area contributed by atoms with Crippen LogP contribution in [0.5, 0.6) is 0 Å². The van der Waals surface area contributed by atoms with Crippen LogP contribution in [0.4, 0.5) is 0 Å². The Morgan fingerprint density at radius 2 is 1.90 bits per heavy atom. The minimum atomic E-state index is -3.61. The van der Waals surface area contributed by atoms with Crippen LogP contribution in [0.25, 0.3) is 11.0 Å². The van der Waals surface area contributed by atoms with Crippen molar-refractivity contribution in [1.29, 1.82) is 0 Å². The van der Waals surface area contributed by atoms with Crippen molar-refractivity contribution in [3.8, 4) is 0 Å². The Bertz CT molecular complexity index is 1050. The first-order valence-corrected chi connectivity index (χ1v) is 11.2. The Balaban J connectivity index is 1.77. The number of nitrogens with one attached hydrogen (secondary N) is 1. The molecule has 2 atom stereocenters. The number of hydrogen-bond donors (Lipinski definition) is 3. The third kappa shape index (κ3) is 5.42. The molecule has 156 valence electrons. The van der Waals surface area contributed by atoms with Gasteiger partial charge in [-0.15, -0.1) is 0 Å². The summed E-state index contributed by atoms with van der Waals surface area (Å²) in [4.78, 5) is 4.48. The standard InChI is InChI=1S/C21H28N4O3S/c1-15(2)12-24-29(27,28)17-8-9-19-20(11-17)25(14-23-19)13-21(26)18(22)10-16-6-4-3-5-7-16/h3-9,11,14-15,18,21,24,26H,10,12-13,22H2,1-2H3/t18-,21+/m0/s1. The lowest BCUT2D eigenvalue weighted by Crippen LogP contribution is -2.39. The van der Waals surface area contributed by atoms with E-state index in [9.17, 15) is 13.5 Å². The number of aliphatic hydroxyl groups is 1. The Kier molecular flexibility index (Phi) is 6.69. The highest BCUT2D eigenvalue weighted by Gasteiger charge is 2.19. The van der Waals surface area contributed by atoms with Crippen LogP contribution in [0.3, 0.4) is 0 Å². The van der Waals surface area contributed by atoms with Crippen molar-refractivity contribution >= 4 is 21.1 Å². The van der Waals surface area contributed by atoms with E-state index in [2.05, 4.69) is 9.71 Å². The van der Waals surface area contributed by atoms with Gasteiger partial charge < -0.3 is 15.4 Å². The van der Waals surface area contributed by atoms with Crippen LogP contribution in [0.1, 0.15) is 19.4 Å². The van der Waals surface area contributed by atoms with Gasteiger partial charge in [-0.3, -0.25) is 0 Å². The second-order valence-electron chi connectivity index (χ2n) is 7.71. The summed E-state index contributed by atoms with van der Waals surface area (Å²) in [5.74, 6) is 0.209. The third-order valence-electron chi connectivity index (χ3n) is 4.78. The first-order chi connectivity index (χ1) is 13.8. The van der Waals surface area contributed by atoms with Crippen molar-refractivity contribution in [2.75, 3.05) is 6.54 Å². The number of aromatic nitrogens is 2. The molecule has 1 heterocycles. The highest BCUT2D eigenvalue weighted by atomic mass is 32.2. The Hall–Kier alpha value is -2.26. The summed E-state index contributed by atoms with van der Waals surface area (Å²) < 4.78 is 29.4. The monoisotopic (exact) mass is 416 g/mol. The quantitative estimate of drug-likeness (QED) is 0.493. The van der Waals surface area contributed by atoms with E-state index in [0.29, 0.717) is 24.0 Å². The molecule has 0 saturated heterocycles. The van der Waals surface area contributed by atoms with Crippen molar-refractivity contribution in [3.05, 3.63) is 60.4 Å². The first kappa shape index (κ1) is 21.4. The Labute approximate surface area is 171 Å². The fourth-order valence-corrected chi connectivity index (χ4v) is 4.30. The van der Waals surface area contributed by atoms with Crippen molar-refractivity contribution in [2.45, 2.75) is 43.9 Å². The zero-order valence-corrected chi connectivity index (χ0v) is 17.5. The SMILES string of the molecule is CC(C)CNS(=O)(=O)c1ccc2ncn(C[C@@H](O)[C@@H](N)Cc3ccccc3)c2c1. The van der Waals surface area contributed by atoms with Crippen LogP contribution in [0.2, 0.25) is 0 Å². The van der Waals surface area contributed by atoms with Crippen LogP contribution in [0.15, 0.2) is 59.8 Å². The van der Waals surface area contributed by atoms with Gasteiger partial charge in [0.05, 0.1) is 34.9 Å². The predicted molar refractivity (Wildman–Crippen MR) is 114 cm³/mol. The molecule has 3 aromatic rings. The lowest BCUT2D eigenvalue weighted by Gasteiger charge is -2.20. The number of hydrogen-bond acceptors (Lipinski definition) is 5. The number of benzene rings is 2. The van der Waals surface area contributed by atoms with Crippen molar-refractivity contribution in [3.63, 3.8) is 0 Å². The number of imidazole rings is 1. The summed E-state index contributed by atoms with van der Waals surface area (Å²) >= 11 is 0. The van der Waals surface area contributed by atoms with E-state index in [1.807, 2.05) is 44.2 Å². The Morgan fingerprint density at radius 1 is 1.17 bits per heavy atom. The summed E-state index contributed by atoms with van der Waals surface area (Å²) in [5.41, 5.74) is 8.55. The van der Waals surface area contributed by atoms with Crippen molar-refractivity contribution in [1.82, 2.24) is 14.3 Å². The predicted octanol–water partition coefficient (Wildman–Crippen LogP) is 1.90. The van der Waals surface area contributed by atoms with Gasteiger partial charge in [0, 0.05) is 12.6 Å². The minimum Gasteiger partial charge on any atom is -0.390 e. The molecule has 3 rings (SSSR count). The molecular formula is C21H28N4O3S. The molecule has 0 radical (unpaired) electrons. The smallest absolute Gasteiger partial charge is 0.240 e. The molecule has 29 heavy (non-hydrogen) atoms. The molecule has 0 spiro atoms. The van der Waals surface area contributed by atoms with Gasteiger partial charge in [0.2, 0.25) is 10.0 Å². The van der Waals surface area contributed by atoms with Gasteiger partial charge in [-0.25, -0.2) is 18.1 Å². The fraction of sp³-hybridized carbons (Fsp3) is 0.381. The maximum Gasteiger partial charge on any atom is 0.240 e. The third-order valence-corrected chi connectivity index (χ3v) is 6.20. The number of nitrogens with two attached hydrogens (primary N) is 1. The number of fused-ring (bicyclic) bond motifs is 1. The van der Waals surface area contributed by atoms with E-state index in [1.165, 1.54) is 0 Å². The van der Waals surface area contributed by atoms with E-state index in [0.717, 1.165) is 5.56 Å². The largest absolute Gasteiger partial charge is 0.390 e. The highest BCUT2D eigenvalue weighted by molar-refractivity contribution is 7.89. The van der Waals surface area contributed by atoms with Gasteiger partial charge >= 0.3 is 0 Å². The summed E-state index contributed by atoms with van der Waals surface area (Å²) in [5, 5.41) is 10.6. The van der Waals surface area contributed by atoms with Gasteiger partial charge in [-0.05, 0) is 36.1 Å². The number of sulfonamides is 1. The second kappa shape index (κ2) is 9.04. The molecule has 0 amide bonds. The van der Waals surface area contributed by atoms with Crippen LogP contribution >= 0.6 is 0 Å². The summed E-state index contributed by atoms with van der Waals surface area (Å²) in [6, 6.07) is 14.1. The fourth-order valence-electron chi connectivity index (χ4n) is 3.07. The molecule has 1 aromatic heterocycles. The zero-order chi connectivity index (χ0) is 21.0. The highest BCUT2D eigenvalue weighted by Crippen LogP contribution is 2.19. The average Bonchev–Trinajstić information content (AvgIpc) is 3.09. The van der Waals surface area contributed by atoms with E-state index < -0.39 is 22.2 Å². The van der Waals surface area contributed by atoms with E-state index in [-0.39, 0.29) is 17.4 Å². The van der Waals surface area contributed by atoms with Crippen molar-refractivity contribution in [2.24, 2.45) is 11.7 Å². The van der Waals surface area contributed by atoms with Crippen LogP contribution in [0, 0.1) is 5.92 Å².